The Morgan fingerprint density at radius 3 is 1.15 bits per heavy atom. The van der Waals surface area contributed by atoms with Crippen molar-refractivity contribution in [2.75, 3.05) is 78.7 Å². The number of hydrogen-bond donors (Lipinski definition) is 4. The zero-order valence-electron chi connectivity index (χ0n) is 82.0. The van der Waals surface area contributed by atoms with Gasteiger partial charge in [-0.15, -0.1) is 0 Å². The number of primary amides is 1. The van der Waals surface area contributed by atoms with Crippen LogP contribution in [0.25, 0.3) is 156 Å². The van der Waals surface area contributed by atoms with E-state index in [-0.39, 0.29) is 45.9 Å². The van der Waals surface area contributed by atoms with Gasteiger partial charge in [0.15, 0.2) is 11.5 Å². The largest absolute Gasteiger partial charge is 0.486 e. The van der Waals surface area contributed by atoms with Crippen molar-refractivity contribution in [2.45, 2.75) is 27.2 Å². The van der Waals surface area contributed by atoms with E-state index >= 15 is 0 Å². The molecule has 23 rings (SSSR count). The van der Waals surface area contributed by atoms with Crippen LogP contribution in [0.5, 0.6) is 11.5 Å². The third-order valence-electron chi connectivity index (χ3n) is 27.0. The summed E-state index contributed by atoms with van der Waals surface area (Å²) in [7, 11) is 2.17. The third kappa shape index (κ3) is 20.0. The molecule has 0 bridgehead atoms. The van der Waals surface area contributed by atoms with Crippen molar-refractivity contribution in [1.29, 1.82) is 0 Å². The predicted octanol–water partition coefficient (Wildman–Crippen LogP) is 21.3. The van der Waals surface area contributed by atoms with E-state index in [9.17, 15) is 43.2 Å². The van der Waals surface area contributed by atoms with Crippen molar-refractivity contribution < 1.29 is 33.4 Å². The molecule has 0 spiro atoms. The lowest BCUT2D eigenvalue weighted by Crippen LogP contribution is -2.44. The lowest BCUT2D eigenvalue weighted by atomic mass is 10.0. The molecule has 0 radical (unpaired) electrons. The van der Waals surface area contributed by atoms with Crippen LogP contribution < -0.4 is 63.2 Å². The van der Waals surface area contributed by atoms with Gasteiger partial charge in [-0.3, -0.25) is 81.4 Å². The molecule has 26 nitrogen and oxygen atoms in total. The van der Waals surface area contributed by atoms with Gasteiger partial charge in [0.05, 0.1) is 66.9 Å². The minimum atomic E-state index is -0.485. The molecule has 0 atom stereocenters. The van der Waals surface area contributed by atoms with Crippen LogP contribution in [0.1, 0.15) is 43.7 Å². The Balaban J connectivity index is 0.000000121. The molecule has 0 aliphatic carbocycles. The van der Waals surface area contributed by atoms with Gasteiger partial charge in [0, 0.05) is 159 Å². The van der Waals surface area contributed by atoms with Gasteiger partial charge in [-0.05, 0) is 283 Å². The number of amides is 5. The fourth-order valence-corrected chi connectivity index (χ4v) is 19.1. The first-order valence-electron chi connectivity index (χ1n) is 48.5. The maximum absolute atomic E-state index is 13.5. The first-order chi connectivity index (χ1) is 72.4. The molecule has 8 aromatic heterocycles. The maximum Gasteiger partial charge on any atom is 0.255 e. The number of piperazine rings is 1. The number of nitrogens with one attached hydrogen (secondary N) is 3. The summed E-state index contributed by atoms with van der Waals surface area (Å²) < 4.78 is 18.1. The molecule has 12 aromatic carbocycles. The zero-order chi connectivity index (χ0) is 103. The number of anilines is 5. The van der Waals surface area contributed by atoms with E-state index in [0.29, 0.717) is 70.7 Å². The Hall–Kier alpha value is -19.5. The second-order valence-corrected chi connectivity index (χ2v) is 36.5. The van der Waals surface area contributed by atoms with Gasteiger partial charge >= 0.3 is 0 Å². The van der Waals surface area contributed by atoms with Crippen LogP contribution >= 0.6 is 0 Å². The van der Waals surface area contributed by atoms with Crippen molar-refractivity contribution in [3.63, 3.8) is 0 Å². The van der Waals surface area contributed by atoms with E-state index in [2.05, 4.69) is 123 Å². The minimum Gasteiger partial charge on any atom is -0.486 e. The number of carbonyl (C=O) groups is 5. The number of benzene rings is 12. The molecular weight excluding hydrogens is 1860 g/mol. The Kier molecular flexibility index (Phi) is 27.2. The van der Waals surface area contributed by atoms with E-state index in [0.717, 1.165) is 198 Å². The van der Waals surface area contributed by atoms with Crippen molar-refractivity contribution in [3.8, 4) is 67.6 Å². The normalized spacial score (nSPS) is 12.6. The molecule has 1 fully saturated rings. The molecule has 3 aliphatic rings. The van der Waals surface area contributed by atoms with E-state index in [1.54, 1.807) is 90.3 Å². The molecule has 26 heteroatoms. The summed E-state index contributed by atoms with van der Waals surface area (Å²) in [6.07, 6.45) is 17.0. The van der Waals surface area contributed by atoms with Gasteiger partial charge in [0.25, 0.3) is 22.2 Å². The smallest absolute Gasteiger partial charge is 0.255 e. The number of pyridine rings is 8. The average molecular weight is 1960 g/mol. The minimum absolute atomic E-state index is 0.133. The molecule has 5 amide bonds. The predicted molar refractivity (Wildman–Crippen MR) is 597 cm³/mol. The molecule has 149 heavy (non-hydrogen) atoms. The van der Waals surface area contributed by atoms with Gasteiger partial charge < -0.3 is 45.9 Å². The van der Waals surface area contributed by atoms with Crippen LogP contribution in [-0.2, 0) is 25.6 Å². The lowest BCUT2D eigenvalue weighted by Gasteiger charge is -2.34. The van der Waals surface area contributed by atoms with Crippen LogP contribution in [0.15, 0.2) is 386 Å². The van der Waals surface area contributed by atoms with Crippen molar-refractivity contribution in [2.24, 2.45) is 5.73 Å². The third-order valence-corrected chi connectivity index (χ3v) is 27.0. The number of aromatic nitrogens is 8. The van der Waals surface area contributed by atoms with Crippen LogP contribution in [0, 0.1) is 20.8 Å². The SMILES string of the molecule is C=CC(=O)N1CCc2ccc(-n3c(=O)ccc4cnc5ccc(-c6ccc(N7CCN(C)CC7)cc6)cc5c43)cc21.C=CC(=O)Nc1cc(-n2c(=O)ccc3cnc4ccc(-c5ccc(C(N)=O)cc5)cc4c32)ccc1C.C=CC(=O)Nc1cc(-n2c(=O)ccc3cnc4ccc(-c5ccc6c(c5)OCCO6)cc4c32)ccc1C.C=CC(=O)Nc1cc(-n2c(=O)ccc3cnc4ccc(/C=C/c5ccccc5)cc4c32)ccc1C. The first kappa shape index (κ1) is 97.0. The van der Waals surface area contributed by atoms with Gasteiger partial charge in [0.1, 0.15) is 13.2 Å². The fourth-order valence-electron chi connectivity index (χ4n) is 19.1. The number of hydrogen-bond acceptors (Lipinski definition) is 17. The molecule has 0 unspecified atom stereocenters. The molecule has 11 heterocycles. The van der Waals surface area contributed by atoms with E-state index in [4.69, 9.17) is 20.2 Å². The molecule has 0 saturated carbocycles. The number of nitrogens with two attached hydrogens (primary N) is 1. The summed E-state index contributed by atoms with van der Waals surface area (Å²) in [6.45, 7) is 25.7. The summed E-state index contributed by atoms with van der Waals surface area (Å²) >= 11 is 0. The summed E-state index contributed by atoms with van der Waals surface area (Å²) in [4.78, 5) is 138. The van der Waals surface area contributed by atoms with Gasteiger partial charge in [0.2, 0.25) is 29.5 Å². The van der Waals surface area contributed by atoms with Crippen LogP contribution in [0.4, 0.5) is 28.4 Å². The highest BCUT2D eigenvalue weighted by Gasteiger charge is 2.27. The first-order valence-corrected chi connectivity index (χ1v) is 48.5. The van der Waals surface area contributed by atoms with E-state index in [1.807, 2.05) is 215 Å². The van der Waals surface area contributed by atoms with Crippen molar-refractivity contribution in [3.05, 3.63) is 447 Å². The van der Waals surface area contributed by atoms with Gasteiger partial charge in [-0.25, -0.2) is 0 Å². The molecule has 3 aliphatic heterocycles. The highest BCUT2D eigenvalue weighted by atomic mass is 16.6. The van der Waals surface area contributed by atoms with E-state index in [1.165, 1.54) is 48.2 Å². The summed E-state index contributed by atoms with van der Waals surface area (Å²) in [6, 6.07) is 91.7. The van der Waals surface area contributed by atoms with Crippen LogP contribution in [0.2, 0.25) is 0 Å². The van der Waals surface area contributed by atoms with E-state index < -0.39 is 5.91 Å². The second-order valence-electron chi connectivity index (χ2n) is 36.5. The summed E-state index contributed by atoms with van der Waals surface area (Å²) in [5.74, 6) is -0.127. The highest BCUT2D eigenvalue weighted by Crippen LogP contribution is 2.41. The average Bonchev–Trinajstić information content (AvgIpc) is 1.59. The Bertz CT molecular complexity index is 9220. The van der Waals surface area contributed by atoms with Crippen molar-refractivity contribution in [1.82, 2.24) is 43.1 Å². The Labute approximate surface area is 854 Å². The van der Waals surface area contributed by atoms with Gasteiger partial charge in [-0.1, -0.05) is 148 Å². The number of rotatable bonds is 18. The standard InChI is InChI=1S/C34H31N5O2.C30H23N3O4.C30H23N3O2.C29H22N4O3/c1-3-32(40)38-15-14-24-6-11-28(21-31(24)38)39-33(41)13-8-26-22-35-30-12-7-25(20-29(30)34(26)39)23-4-9-27(10-5-23)37-18-16-36(2)17-19-37;1-3-28(34)32-25-16-22(8-4-18(25)2)33-29(35)11-7-21-17-31-24-9-5-19(14-23(24)30(21)33)20-6-10-26-27(15-20)37-13-12-36-26;1-3-28(34)32-27-18-24(14-9-20(27)2)33-29(35)16-13-23-19-31-26-15-12-22(17-25(26)30(23)33)11-10-21-7-5-4-6-8-21;1-3-26(34)32-25-15-22(11-4-17(25)2)33-27(35)13-10-21-16-31-24-12-9-20(14-23(24)28(21)33)18-5-7-19(8-6-18)29(30)36/h3-13,20-22H,1,14-19H2,2H3;3-11,14-17H,1,12-13H2,2H3,(H,32,34);3-19H,1H2,2H3,(H,32,34);3-16H,1H2,2H3,(H2,30,36)(H,32,34)/b;;11-10+;. The topological polar surface area (TPSA) is 315 Å². The lowest BCUT2D eigenvalue weighted by molar-refractivity contribution is -0.114. The van der Waals surface area contributed by atoms with Gasteiger partial charge in [-0.2, -0.15) is 0 Å². The monoisotopic (exact) mass is 1960 g/mol. The number of nitrogens with zero attached hydrogens (tertiary/aromatic N) is 11. The number of ether oxygens (including phenoxy) is 2. The summed E-state index contributed by atoms with van der Waals surface area (Å²) in [5, 5.41) is 15.2. The molecule has 732 valence electrons. The zero-order valence-corrected chi connectivity index (χ0v) is 82.0. The number of fused-ring (bicyclic) bond motifs is 14. The Morgan fingerprint density at radius 1 is 0.349 bits per heavy atom. The maximum atomic E-state index is 13.5. The quantitative estimate of drug-likeness (QED) is 0.0352. The molecule has 20 aromatic rings. The van der Waals surface area contributed by atoms with Crippen LogP contribution in [0.3, 0.4) is 0 Å². The second kappa shape index (κ2) is 41.8. The molecule has 1 saturated heterocycles. The fraction of sp³-hybridized carbons (Fsp3) is 0.0976. The molecular formula is C123H99N15O11. The highest BCUT2D eigenvalue weighted by molar-refractivity contribution is 6.11. The summed E-state index contributed by atoms with van der Waals surface area (Å²) in [5.41, 5.74) is 29.5. The number of aryl methyl sites for hydroxylation is 3. The van der Waals surface area contributed by atoms with Crippen LogP contribution in [-0.4, -0.2) is 126 Å². The van der Waals surface area contributed by atoms with Crippen molar-refractivity contribution >= 4 is 157 Å². The number of likely N-dealkylation sites (N-methyl/N-ethyl adjacent to an activating group) is 1. The Morgan fingerprint density at radius 2 is 0.718 bits per heavy atom. The molecule has 5 N–H and O–H groups in total. The number of carbonyl (C=O) groups excluding carboxylic acids is 5.